The Morgan fingerprint density at radius 3 is 2.48 bits per heavy atom. The summed E-state index contributed by atoms with van der Waals surface area (Å²) >= 11 is 0. The molecule has 3 heterocycles. The van der Waals surface area contributed by atoms with Crippen molar-refractivity contribution in [3.8, 4) is 22.8 Å². The zero-order valence-electron chi connectivity index (χ0n) is 17.0. The molecule has 0 saturated carbocycles. The van der Waals surface area contributed by atoms with E-state index < -0.39 is 0 Å². The molecule has 1 amide bonds. The van der Waals surface area contributed by atoms with Gasteiger partial charge in [0, 0.05) is 43.0 Å². The fourth-order valence-electron chi connectivity index (χ4n) is 3.87. The predicted octanol–water partition coefficient (Wildman–Crippen LogP) is 2.24. The highest BCUT2D eigenvalue weighted by molar-refractivity contribution is 5.93. The first kappa shape index (κ1) is 19.2. The first-order valence-electron chi connectivity index (χ1n) is 9.62. The normalized spacial score (nSPS) is 19.4. The maximum atomic E-state index is 13.1. The summed E-state index contributed by atoms with van der Waals surface area (Å²) in [5.41, 5.74) is 2.72. The van der Waals surface area contributed by atoms with E-state index in [-0.39, 0.29) is 18.0 Å². The Bertz CT molecular complexity index is 1040. The molecule has 1 aromatic carbocycles. The number of carbonyl (C=O) groups is 1. The zero-order chi connectivity index (χ0) is 20.5. The van der Waals surface area contributed by atoms with Gasteiger partial charge < -0.3 is 19.7 Å². The quantitative estimate of drug-likeness (QED) is 0.730. The summed E-state index contributed by atoms with van der Waals surface area (Å²) in [5.74, 6) is 1.20. The van der Waals surface area contributed by atoms with E-state index >= 15 is 0 Å². The Hall–Kier alpha value is -3.13. The van der Waals surface area contributed by atoms with Crippen LogP contribution in [0.15, 0.2) is 36.5 Å². The molecule has 0 aliphatic carbocycles. The minimum atomic E-state index is -0.0750. The number of aromatic nitrogens is 3. The van der Waals surface area contributed by atoms with Gasteiger partial charge in [0.15, 0.2) is 22.8 Å². The molecule has 1 saturated heterocycles. The van der Waals surface area contributed by atoms with Crippen LogP contribution in [0, 0.1) is 0 Å². The standard InChI is InChI=1S/C21H25N5O3/c1-13-11-25(12-14(2)23-13)21(27)16-10-20-22-8-7-17(26(20)24-16)15-5-6-18(28-3)19(9-15)29-4/h5-10,13-14,23H,11-12H2,1-4H3/t13-,14+. The predicted molar refractivity (Wildman–Crippen MR) is 109 cm³/mol. The van der Waals surface area contributed by atoms with Crippen molar-refractivity contribution in [1.82, 2.24) is 24.8 Å². The highest BCUT2D eigenvalue weighted by Crippen LogP contribution is 2.32. The Labute approximate surface area is 169 Å². The average molecular weight is 395 g/mol. The smallest absolute Gasteiger partial charge is 0.274 e. The number of amides is 1. The highest BCUT2D eigenvalue weighted by atomic mass is 16.5. The molecule has 1 aliphatic rings. The van der Waals surface area contributed by atoms with E-state index in [9.17, 15) is 4.79 Å². The minimum Gasteiger partial charge on any atom is -0.493 e. The van der Waals surface area contributed by atoms with Gasteiger partial charge in [-0.2, -0.15) is 5.10 Å². The van der Waals surface area contributed by atoms with Crippen molar-refractivity contribution in [2.45, 2.75) is 25.9 Å². The summed E-state index contributed by atoms with van der Waals surface area (Å²) in [4.78, 5) is 19.3. The third kappa shape index (κ3) is 3.63. The van der Waals surface area contributed by atoms with Crippen molar-refractivity contribution in [3.63, 3.8) is 0 Å². The monoisotopic (exact) mass is 395 g/mol. The van der Waals surface area contributed by atoms with Gasteiger partial charge in [0.25, 0.3) is 5.91 Å². The van der Waals surface area contributed by atoms with E-state index in [0.29, 0.717) is 35.9 Å². The van der Waals surface area contributed by atoms with Gasteiger partial charge in [0.2, 0.25) is 0 Å². The van der Waals surface area contributed by atoms with Crippen LogP contribution in [-0.4, -0.2) is 64.8 Å². The molecule has 0 radical (unpaired) electrons. The lowest BCUT2D eigenvalue weighted by molar-refractivity contribution is 0.0667. The van der Waals surface area contributed by atoms with Crippen molar-refractivity contribution in [1.29, 1.82) is 0 Å². The molecule has 1 N–H and O–H groups in total. The van der Waals surface area contributed by atoms with Crippen LogP contribution in [0.1, 0.15) is 24.3 Å². The first-order chi connectivity index (χ1) is 14.0. The van der Waals surface area contributed by atoms with Crippen molar-refractivity contribution in [2.75, 3.05) is 27.3 Å². The third-order valence-corrected chi connectivity index (χ3v) is 5.10. The number of fused-ring (bicyclic) bond motifs is 1. The molecule has 8 nitrogen and oxygen atoms in total. The van der Waals surface area contributed by atoms with E-state index in [0.717, 1.165) is 11.3 Å². The number of carbonyl (C=O) groups excluding carboxylic acids is 1. The van der Waals surface area contributed by atoms with Gasteiger partial charge in [0.1, 0.15) is 0 Å². The number of benzene rings is 1. The molecular weight excluding hydrogens is 370 g/mol. The van der Waals surface area contributed by atoms with Crippen LogP contribution in [0.25, 0.3) is 16.9 Å². The second kappa shape index (κ2) is 7.71. The van der Waals surface area contributed by atoms with E-state index in [1.807, 2.05) is 29.2 Å². The van der Waals surface area contributed by atoms with Crippen LogP contribution < -0.4 is 14.8 Å². The summed E-state index contributed by atoms with van der Waals surface area (Å²) in [7, 11) is 3.20. The SMILES string of the molecule is COc1ccc(-c2ccnc3cc(C(=O)N4C[C@@H](C)N[C@@H](C)C4)nn23)cc1OC. The number of methoxy groups -OCH3 is 2. The molecule has 2 aromatic heterocycles. The van der Waals surface area contributed by atoms with Gasteiger partial charge in [-0.1, -0.05) is 0 Å². The van der Waals surface area contributed by atoms with Gasteiger partial charge in [-0.3, -0.25) is 4.79 Å². The maximum absolute atomic E-state index is 13.1. The number of piperazine rings is 1. The van der Waals surface area contributed by atoms with Crippen LogP contribution in [-0.2, 0) is 0 Å². The van der Waals surface area contributed by atoms with Crippen LogP contribution in [0.3, 0.4) is 0 Å². The second-order valence-corrected chi connectivity index (χ2v) is 7.38. The van der Waals surface area contributed by atoms with Gasteiger partial charge in [-0.25, -0.2) is 9.50 Å². The lowest BCUT2D eigenvalue weighted by Crippen LogP contribution is -2.55. The molecule has 2 atom stereocenters. The molecule has 1 aliphatic heterocycles. The summed E-state index contributed by atoms with van der Waals surface area (Å²) < 4.78 is 12.4. The Kier molecular flexibility index (Phi) is 5.10. The third-order valence-electron chi connectivity index (χ3n) is 5.10. The Morgan fingerprint density at radius 1 is 1.07 bits per heavy atom. The minimum absolute atomic E-state index is 0.0750. The van der Waals surface area contributed by atoms with E-state index in [2.05, 4.69) is 29.2 Å². The van der Waals surface area contributed by atoms with Crippen molar-refractivity contribution < 1.29 is 14.3 Å². The van der Waals surface area contributed by atoms with E-state index in [1.165, 1.54) is 0 Å². The molecule has 0 unspecified atom stereocenters. The molecule has 1 fully saturated rings. The second-order valence-electron chi connectivity index (χ2n) is 7.38. The lowest BCUT2D eigenvalue weighted by atomic mass is 10.1. The number of nitrogens with zero attached hydrogens (tertiary/aromatic N) is 4. The van der Waals surface area contributed by atoms with Crippen molar-refractivity contribution in [2.24, 2.45) is 0 Å². The topological polar surface area (TPSA) is 81.0 Å². The molecule has 29 heavy (non-hydrogen) atoms. The van der Waals surface area contributed by atoms with E-state index in [1.54, 1.807) is 31.0 Å². The number of ether oxygens (including phenoxy) is 2. The zero-order valence-corrected chi connectivity index (χ0v) is 17.0. The maximum Gasteiger partial charge on any atom is 0.274 e. The molecular formula is C21H25N5O3. The average Bonchev–Trinajstić information content (AvgIpc) is 3.16. The first-order valence-corrected chi connectivity index (χ1v) is 9.62. The Balaban J connectivity index is 1.72. The summed E-state index contributed by atoms with van der Waals surface area (Å²) in [6, 6.07) is 9.77. The molecule has 8 heteroatoms. The fraction of sp³-hybridized carbons (Fsp3) is 0.381. The lowest BCUT2D eigenvalue weighted by Gasteiger charge is -2.35. The largest absolute Gasteiger partial charge is 0.493 e. The van der Waals surface area contributed by atoms with Crippen LogP contribution >= 0.6 is 0 Å². The molecule has 0 bridgehead atoms. The summed E-state index contributed by atoms with van der Waals surface area (Å²) in [6.45, 7) is 5.48. The van der Waals surface area contributed by atoms with Crippen LogP contribution in [0.5, 0.6) is 11.5 Å². The number of nitrogens with one attached hydrogen (secondary N) is 1. The number of hydrogen-bond acceptors (Lipinski definition) is 6. The van der Waals surface area contributed by atoms with Crippen LogP contribution in [0.2, 0.25) is 0 Å². The summed E-state index contributed by atoms with van der Waals surface area (Å²) in [6.07, 6.45) is 1.71. The fourth-order valence-corrected chi connectivity index (χ4v) is 3.87. The number of rotatable bonds is 4. The van der Waals surface area contributed by atoms with Gasteiger partial charge in [-0.15, -0.1) is 0 Å². The molecule has 4 rings (SSSR count). The molecule has 152 valence electrons. The van der Waals surface area contributed by atoms with Gasteiger partial charge in [0.05, 0.1) is 19.9 Å². The van der Waals surface area contributed by atoms with E-state index in [4.69, 9.17) is 9.47 Å². The van der Waals surface area contributed by atoms with Crippen molar-refractivity contribution in [3.05, 3.63) is 42.2 Å². The Morgan fingerprint density at radius 2 is 1.79 bits per heavy atom. The van der Waals surface area contributed by atoms with Gasteiger partial charge in [-0.05, 0) is 38.1 Å². The van der Waals surface area contributed by atoms with Crippen LogP contribution in [0.4, 0.5) is 0 Å². The molecule has 0 spiro atoms. The van der Waals surface area contributed by atoms with Gasteiger partial charge >= 0.3 is 0 Å². The van der Waals surface area contributed by atoms with Crippen molar-refractivity contribution >= 4 is 11.6 Å². The number of hydrogen-bond donors (Lipinski definition) is 1. The molecule has 3 aromatic rings. The summed E-state index contributed by atoms with van der Waals surface area (Å²) in [5, 5.41) is 8.02. The highest BCUT2D eigenvalue weighted by Gasteiger charge is 2.27.